The Bertz CT molecular complexity index is 789. The monoisotopic (exact) mass is 400 g/mol. The first-order valence-corrected chi connectivity index (χ1v) is 10.8. The van der Waals surface area contributed by atoms with Crippen molar-refractivity contribution < 1.29 is 4.42 Å². The van der Waals surface area contributed by atoms with E-state index in [2.05, 4.69) is 54.4 Å². The Morgan fingerprint density at radius 2 is 2.07 bits per heavy atom. The Labute approximate surface area is 174 Å². The van der Waals surface area contributed by atoms with Crippen LogP contribution in [0, 0.1) is 13.8 Å². The van der Waals surface area contributed by atoms with E-state index < -0.39 is 0 Å². The fourth-order valence-electron chi connectivity index (χ4n) is 4.12. The smallest absolute Gasteiger partial charge is 0.191 e. The van der Waals surface area contributed by atoms with Crippen molar-refractivity contribution in [3.63, 3.8) is 0 Å². The number of nitrogens with zero attached hydrogens (tertiary/aromatic N) is 4. The molecule has 7 heteroatoms. The van der Waals surface area contributed by atoms with Crippen molar-refractivity contribution in [1.82, 2.24) is 25.3 Å². The summed E-state index contributed by atoms with van der Waals surface area (Å²) in [6.45, 7) is 12.2. The molecule has 1 fully saturated rings. The van der Waals surface area contributed by atoms with E-state index in [1.54, 1.807) is 6.26 Å². The third-order valence-electron chi connectivity index (χ3n) is 5.77. The van der Waals surface area contributed by atoms with Crippen molar-refractivity contribution in [2.45, 2.75) is 59.0 Å². The number of aromatic nitrogens is 2. The van der Waals surface area contributed by atoms with Crippen molar-refractivity contribution in [3.8, 4) is 0 Å². The molecule has 1 aliphatic heterocycles. The Balaban J connectivity index is 1.68. The van der Waals surface area contributed by atoms with E-state index in [-0.39, 0.29) is 12.1 Å². The summed E-state index contributed by atoms with van der Waals surface area (Å²) in [5.74, 6) is 1.86. The van der Waals surface area contributed by atoms with Crippen LogP contribution < -0.4 is 10.6 Å². The molecule has 0 saturated carbocycles. The fourth-order valence-corrected chi connectivity index (χ4v) is 4.12. The van der Waals surface area contributed by atoms with E-state index in [9.17, 15) is 0 Å². The molecule has 0 spiro atoms. The highest BCUT2D eigenvalue weighted by Gasteiger charge is 2.25. The standard InChI is InChI=1S/C22H36N6O/c1-6-23-22(25-16(2)14-19-17(3)26-27(5)18(19)4)24-15-20(21-10-9-13-29-21)28-11-7-8-12-28/h9-10,13,16,20H,6-8,11-12,14-15H2,1-5H3,(H2,23,24,25). The number of furan rings is 1. The molecular formula is C22H36N6O. The highest BCUT2D eigenvalue weighted by Crippen LogP contribution is 2.25. The summed E-state index contributed by atoms with van der Waals surface area (Å²) in [6, 6.07) is 4.48. The number of hydrogen-bond donors (Lipinski definition) is 2. The largest absolute Gasteiger partial charge is 0.468 e. The van der Waals surface area contributed by atoms with E-state index in [0.29, 0.717) is 6.54 Å². The van der Waals surface area contributed by atoms with Gasteiger partial charge in [0.05, 0.1) is 24.5 Å². The lowest BCUT2D eigenvalue weighted by atomic mass is 10.1. The number of guanidine groups is 1. The molecule has 0 radical (unpaired) electrons. The third-order valence-corrected chi connectivity index (χ3v) is 5.77. The lowest BCUT2D eigenvalue weighted by Gasteiger charge is -2.25. The van der Waals surface area contributed by atoms with Crippen LogP contribution in [0.1, 0.15) is 55.4 Å². The van der Waals surface area contributed by atoms with Gasteiger partial charge in [0.25, 0.3) is 0 Å². The fraction of sp³-hybridized carbons (Fsp3) is 0.636. The summed E-state index contributed by atoms with van der Waals surface area (Å²) in [5.41, 5.74) is 3.64. The molecule has 29 heavy (non-hydrogen) atoms. The molecule has 0 aromatic carbocycles. The van der Waals surface area contributed by atoms with Crippen LogP contribution >= 0.6 is 0 Å². The number of nitrogens with one attached hydrogen (secondary N) is 2. The van der Waals surface area contributed by atoms with Gasteiger partial charge in [-0.2, -0.15) is 5.10 Å². The van der Waals surface area contributed by atoms with Gasteiger partial charge in [-0.25, -0.2) is 0 Å². The number of likely N-dealkylation sites (tertiary alicyclic amines) is 1. The van der Waals surface area contributed by atoms with Crippen LogP contribution in [-0.4, -0.2) is 52.9 Å². The molecule has 0 amide bonds. The summed E-state index contributed by atoms with van der Waals surface area (Å²) in [5, 5.41) is 11.5. The van der Waals surface area contributed by atoms with Crippen LogP contribution in [0.2, 0.25) is 0 Å². The summed E-state index contributed by atoms with van der Waals surface area (Å²) in [7, 11) is 2.00. The van der Waals surface area contributed by atoms with Gasteiger partial charge in [-0.1, -0.05) is 0 Å². The lowest BCUT2D eigenvalue weighted by molar-refractivity contribution is 0.221. The van der Waals surface area contributed by atoms with E-state index in [0.717, 1.165) is 43.5 Å². The van der Waals surface area contributed by atoms with Gasteiger partial charge < -0.3 is 15.1 Å². The number of aliphatic imine (C=N–C) groups is 1. The molecule has 3 heterocycles. The van der Waals surface area contributed by atoms with Gasteiger partial charge in [0.15, 0.2) is 5.96 Å². The molecule has 2 unspecified atom stereocenters. The van der Waals surface area contributed by atoms with E-state index in [1.165, 1.54) is 24.1 Å². The second-order valence-electron chi connectivity index (χ2n) is 8.02. The molecule has 1 aliphatic rings. The van der Waals surface area contributed by atoms with Gasteiger partial charge in [-0.3, -0.25) is 14.6 Å². The molecule has 2 aromatic rings. The minimum absolute atomic E-state index is 0.195. The predicted molar refractivity (Wildman–Crippen MR) is 117 cm³/mol. The Morgan fingerprint density at radius 1 is 1.31 bits per heavy atom. The lowest BCUT2D eigenvalue weighted by Crippen LogP contribution is -2.43. The SMILES string of the molecule is CCNC(=NCC(c1ccco1)N1CCCC1)NC(C)Cc1c(C)nn(C)c1C. The molecule has 2 atom stereocenters. The Morgan fingerprint density at radius 3 is 2.66 bits per heavy atom. The minimum Gasteiger partial charge on any atom is -0.468 e. The van der Waals surface area contributed by atoms with Crippen molar-refractivity contribution in [3.05, 3.63) is 41.1 Å². The third kappa shape index (κ3) is 5.41. The van der Waals surface area contributed by atoms with Crippen LogP contribution in [0.3, 0.4) is 0 Å². The molecule has 0 bridgehead atoms. The van der Waals surface area contributed by atoms with Crippen molar-refractivity contribution in [1.29, 1.82) is 0 Å². The first-order valence-electron chi connectivity index (χ1n) is 10.8. The van der Waals surface area contributed by atoms with Gasteiger partial charge in [0.2, 0.25) is 0 Å². The number of rotatable bonds is 8. The van der Waals surface area contributed by atoms with Crippen LogP contribution in [0.25, 0.3) is 0 Å². The van der Waals surface area contributed by atoms with Gasteiger partial charge >= 0.3 is 0 Å². The van der Waals surface area contributed by atoms with Crippen LogP contribution in [-0.2, 0) is 13.5 Å². The normalized spacial score (nSPS) is 17.5. The van der Waals surface area contributed by atoms with E-state index >= 15 is 0 Å². The average molecular weight is 401 g/mol. The highest BCUT2D eigenvalue weighted by atomic mass is 16.3. The van der Waals surface area contributed by atoms with E-state index in [1.807, 2.05) is 17.8 Å². The van der Waals surface area contributed by atoms with E-state index in [4.69, 9.17) is 9.41 Å². The topological polar surface area (TPSA) is 70.6 Å². The van der Waals surface area contributed by atoms with Gasteiger partial charge in [0.1, 0.15) is 5.76 Å². The van der Waals surface area contributed by atoms with Crippen LogP contribution in [0.4, 0.5) is 0 Å². The maximum absolute atomic E-state index is 5.73. The molecule has 0 aliphatic carbocycles. The van der Waals surface area contributed by atoms with Crippen molar-refractivity contribution in [2.24, 2.45) is 12.0 Å². The first-order chi connectivity index (χ1) is 14.0. The molecule has 1 saturated heterocycles. The maximum atomic E-state index is 5.73. The van der Waals surface area contributed by atoms with Crippen molar-refractivity contribution in [2.75, 3.05) is 26.2 Å². The van der Waals surface area contributed by atoms with Gasteiger partial charge in [-0.15, -0.1) is 0 Å². The first kappa shape index (κ1) is 21.4. The Hall–Kier alpha value is -2.28. The quantitative estimate of drug-likeness (QED) is 0.527. The summed E-state index contributed by atoms with van der Waals surface area (Å²) >= 11 is 0. The van der Waals surface area contributed by atoms with Crippen molar-refractivity contribution >= 4 is 5.96 Å². The molecule has 2 aromatic heterocycles. The zero-order valence-electron chi connectivity index (χ0n) is 18.5. The minimum atomic E-state index is 0.195. The second-order valence-corrected chi connectivity index (χ2v) is 8.02. The molecule has 160 valence electrons. The Kier molecular flexibility index (Phi) is 7.36. The summed E-state index contributed by atoms with van der Waals surface area (Å²) in [6.07, 6.45) is 5.18. The maximum Gasteiger partial charge on any atom is 0.191 e. The zero-order valence-corrected chi connectivity index (χ0v) is 18.5. The highest BCUT2D eigenvalue weighted by molar-refractivity contribution is 5.80. The van der Waals surface area contributed by atoms with Gasteiger partial charge in [0, 0.05) is 25.3 Å². The molecule has 3 rings (SSSR count). The van der Waals surface area contributed by atoms with Gasteiger partial charge in [-0.05, 0) is 77.7 Å². The van der Waals surface area contributed by atoms with Crippen LogP contribution in [0.5, 0.6) is 0 Å². The number of aryl methyl sites for hydroxylation is 2. The molecular weight excluding hydrogens is 364 g/mol. The zero-order chi connectivity index (χ0) is 20.8. The second kappa shape index (κ2) is 9.96. The number of hydrogen-bond acceptors (Lipinski definition) is 4. The average Bonchev–Trinajstić information content (AvgIpc) is 3.43. The molecule has 2 N–H and O–H groups in total. The molecule has 7 nitrogen and oxygen atoms in total. The summed E-state index contributed by atoms with van der Waals surface area (Å²) < 4.78 is 7.69. The predicted octanol–water partition coefficient (Wildman–Crippen LogP) is 2.95. The van der Waals surface area contributed by atoms with Crippen LogP contribution in [0.15, 0.2) is 27.8 Å². The summed E-state index contributed by atoms with van der Waals surface area (Å²) in [4.78, 5) is 7.40.